The first kappa shape index (κ1) is 15.7. The van der Waals surface area contributed by atoms with Crippen LogP contribution in [-0.2, 0) is 20.4 Å². The van der Waals surface area contributed by atoms with Gasteiger partial charge in [-0.2, -0.15) is 0 Å². The van der Waals surface area contributed by atoms with Gasteiger partial charge in [0.1, 0.15) is 0 Å². The van der Waals surface area contributed by atoms with E-state index in [-0.39, 0.29) is 37.8 Å². The molecule has 0 aromatic heterocycles. The van der Waals surface area contributed by atoms with Gasteiger partial charge in [-0.15, -0.1) is 0 Å². The first-order valence-electron chi connectivity index (χ1n) is 0.775. The normalized spacial score (nSPS) is 4.50. The van der Waals surface area contributed by atoms with E-state index in [0.29, 0.717) is 0 Å². The van der Waals surface area contributed by atoms with Gasteiger partial charge >= 0.3 is 7.32 Å². The third-order valence-corrected chi connectivity index (χ3v) is 0. The molecule has 3 N–H and O–H groups in total. The van der Waals surface area contributed by atoms with Gasteiger partial charge in [0.05, 0.1) is 0 Å². The van der Waals surface area contributed by atoms with Crippen LogP contribution in [0.4, 0.5) is 0 Å². The molecule has 0 aliphatic heterocycles. The van der Waals surface area contributed by atoms with Gasteiger partial charge in [-0.1, -0.05) is 0 Å². The maximum absolute atomic E-state index is 7.17. The molecular weight excluding hydrogens is 272 g/mol. The standard InChI is InChI=1S/Al.BH3O3.Re.3H/c;2-1(3)4;;;;/h;2-4H;;;;. The van der Waals surface area contributed by atoms with Crippen molar-refractivity contribution in [1.82, 2.24) is 0 Å². The van der Waals surface area contributed by atoms with Crippen molar-refractivity contribution in [1.29, 1.82) is 0 Å². The Morgan fingerprint density at radius 3 is 1.00 bits per heavy atom. The summed E-state index contributed by atoms with van der Waals surface area (Å²) in [6.45, 7) is 0. The van der Waals surface area contributed by atoms with Crippen molar-refractivity contribution in [2.45, 2.75) is 0 Å². The first-order chi connectivity index (χ1) is 1.73. The molecule has 0 bridgehead atoms. The molecule has 6 heavy (non-hydrogen) atoms. The quantitative estimate of drug-likeness (QED) is 0.408. The number of hydrogen-bond acceptors (Lipinski definition) is 3. The Bertz CT molecular complexity index is 15.5. The van der Waals surface area contributed by atoms with Gasteiger partial charge in [0.25, 0.3) is 0 Å². The molecule has 0 amide bonds. The van der Waals surface area contributed by atoms with Gasteiger partial charge in [-0.25, -0.2) is 0 Å². The van der Waals surface area contributed by atoms with E-state index in [0.717, 1.165) is 0 Å². The van der Waals surface area contributed by atoms with Crippen molar-refractivity contribution >= 4 is 24.7 Å². The van der Waals surface area contributed by atoms with Crippen LogP contribution >= 0.6 is 0 Å². The molecule has 6 heteroatoms. The van der Waals surface area contributed by atoms with E-state index in [4.69, 9.17) is 15.1 Å². The predicted octanol–water partition coefficient (Wildman–Crippen LogP) is -3.24. The van der Waals surface area contributed by atoms with E-state index in [9.17, 15) is 0 Å². The molecule has 0 atom stereocenters. The Kier molecular flexibility index (Phi) is 24.8. The molecule has 0 rings (SSSR count). The van der Waals surface area contributed by atoms with E-state index in [1.165, 1.54) is 0 Å². The van der Waals surface area contributed by atoms with Crippen LogP contribution in [-0.4, -0.2) is 39.8 Å². The summed E-state index contributed by atoms with van der Waals surface area (Å²) in [5.74, 6) is 0. The molecule has 0 heterocycles. The summed E-state index contributed by atoms with van der Waals surface area (Å²) in [5.41, 5.74) is 0. The van der Waals surface area contributed by atoms with Crippen molar-refractivity contribution in [2.75, 3.05) is 0 Å². The van der Waals surface area contributed by atoms with Crippen LogP contribution in [0, 0.1) is 0 Å². The molecule has 1 radical (unpaired) electrons. The molecular formula is H6AlBO3Re. The fourth-order valence-corrected chi connectivity index (χ4v) is 0. The summed E-state index contributed by atoms with van der Waals surface area (Å²) in [6, 6.07) is 0. The number of rotatable bonds is 0. The van der Waals surface area contributed by atoms with Crippen LogP contribution in [0.25, 0.3) is 0 Å². The molecule has 0 aliphatic carbocycles. The van der Waals surface area contributed by atoms with E-state index in [1.807, 2.05) is 0 Å². The second-order valence-electron chi connectivity index (χ2n) is 0.346. The van der Waals surface area contributed by atoms with Crippen molar-refractivity contribution in [3.8, 4) is 0 Å². The minimum absolute atomic E-state index is 0. The molecule has 0 fully saturated rings. The minimum Gasteiger partial charge on any atom is -0.402 e. The zero-order chi connectivity index (χ0) is 3.58. The Hall–Kier alpha value is 1.14. The van der Waals surface area contributed by atoms with Crippen LogP contribution in [0.2, 0.25) is 0 Å². The molecule has 3 nitrogen and oxygen atoms in total. The van der Waals surface area contributed by atoms with Crippen molar-refractivity contribution < 1.29 is 35.5 Å². The Morgan fingerprint density at radius 1 is 1.00 bits per heavy atom. The van der Waals surface area contributed by atoms with Crippen LogP contribution in [0.5, 0.6) is 0 Å². The maximum atomic E-state index is 7.17. The molecule has 0 saturated heterocycles. The van der Waals surface area contributed by atoms with Crippen molar-refractivity contribution in [2.24, 2.45) is 0 Å². The van der Waals surface area contributed by atoms with Crippen LogP contribution in [0.3, 0.4) is 0 Å². The van der Waals surface area contributed by atoms with Crippen LogP contribution < -0.4 is 0 Å². The SMILES string of the molecule is OB(O)O.[AlH3].[Re]. The molecule has 0 spiro atoms. The molecule has 37 valence electrons. The average molecular weight is 278 g/mol. The van der Waals surface area contributed by atoms with Gasteiger partial charge in [-0.05, 0) is 0 Å². The van der Waals surface area contributed by atoms with Gasteiger partial charge < -0.3 is 15.1 Å². The zero-order valence-corrected chi connectivity index (χ0v) is 5.01. The predicted molar refractivity (Wildman–Crippen MR) is 22.3 cm³/mol. The minimum atomic E-state index is -2.17. The largest absolute Gasteiger partial charge is 0.631 e. The second kappa shape index (κ2) is 9.46. The smallest absolute Gasteiger partial charge is 0.402 e. The van der Waals surface area contributed by atoms with E-state index >= 15 is 0 Å². The third kappa shape index (κ3) is 67.8. The summed E-state index contributed by atoms with van der Waals surface area (Å²) >= 11 is 0. The zero-order valence-electron chi connectivity index (χ0n) is 2.30. The van der Waals surface area contributed by atoms with Crippen LogP contribution in [0.15, 0.2) is 0 Å². The summed E-state index contributed by atoms with van der Waals surface area (Å²) in [4.78, 5) is 0. The van der Waals surface area contributed by atoms with Gasteiger partial charge in [0, 0.05) is 20.4 Å². The summed E-state index contributed by atoms with van der Waals surface area (Å²) < 4.78 is 0. The molecule has 0 unspecified atom stereocenters. The molecule has 0 aromatic carbocycles. The summed E-state index contributed by atoms with van der Waals surface area (Å²) in [6.07, 6.45) is 0. The Morgan fingerprint density at radius 2 is 1.00 bits per heavy atom. The Balaban J connectivity index is -0.0000000450. The van der Waals surface area contributed by atoms with Gasteiger partial charge in [0.15, 0.2) is 17.4 Å². The fraction of sp³-hybridized carbons (Fsp3) is 0. The summed E-state index contributed by atoms with van der Waals surface area (Å²) in [7, 11) is -2.17. The third-order valence-electron chi connectivity index (χ3n) is 0. The number of hydrogen-bond donors (Lipinski definition) is 3. The van der Waals surface area contributed by atoms with E-state index in [2.05, 4.69) is 0 Å². The molecule has 0 aromatic rings. The van der Waals surface area contributed by atoms with E-state index < -0.39 is 7.32 Å². The first-order valence-corrected chi connectivity index (χ1v) is 0.775. The topological polar surface area (TPSA) is 60.7 Å². The van der Waals surface area contributed by atoms with Gasteiger partial charge in [0.2, 0.25) is 0 Å². The summed E-state index contributed by atoms with van der Waals surface area (Å²) in [5, 5.41) is 21.5. The second-order valence-corrected chi connectivity index (χ2v) is 0.346. The molecule has 0 saturated carbocycles. The fourth-order valence-electron chi connectivity index (χ4n) is 0. The monoisotopic (exact) mass is 279 g/mol. The van der Waals surface area contributed by atoms with Crippen molar-refractivity contribution in [3.05, 3.63) is 0 Å². The van der Waals surface area contributed by atoms with Crippen LogP contribution in [0.1, 0.15) is 0 Å². The molecule has 0 aliphatic rings. The van der Waals surface area contributed by atoms with Gasteiger partial charge in [-0.3, -0.25) is 0 Å². The Labute approximate surface area is 60.3 Å². The van der Waals surface area contributed by atoms with Crippen molar-refractivity contribution in [3.63, 3.8) is 0 Å². The average Bonchev–Trinajstić information content (AvgIpc) is 0.811. The van der Waals surface area contributed by atoms with E-state index in [1.54, 1.807) is 0 Å². The maximum Gasteiger partial charge on any atom is 0.631 e.